The molecule has 1 atom stereocenters. The lowest BCUT2D eigenvalue weighted by atomic mass is 9.78. The zero-order valence-electron chi connectivity index (χ0n) is 22.8. The average molecular weight is 569 g/mol. The molecule has 2 aliphatic heterocycles. The van der Waals surface area contributed by atoms with E-state index in [2.05, 4.69) is 22.4 Å². The fourth-order valence-electron chi connectivity index (χ4n) is 6.20. The number of carbonyl (C=O) groups excluding carboxylic acids is 1. The standard InChI is InChI=1S/C29H31F3N6O3/c1-28(7-4-8-28)33-12-17-9-21-22(23(10-17)29(30,31)32)15-38(26(21)39)20-6-3-5-18(11-20)24(25-35-34-16-36(25)2)19-13-37(14-19)27(40)41/h3,5-6,9-11,16,19,24,33H,4,7-8,12-15H2,1-2H3,(H,40,41). The number of aryl methyl sites for hydroxylation is 1. The molecule has 9 nitrogen and oxygen atoms in total. The number of fused-ring (bicyclic) bond motifs is 1. The molecular formula is C29H31F3N6O3. The number of likely N-dealkylation sites (tertiary alicyclic amines) is 1. The van der Waals surface area contributed by atoms with Crippen LogP contribution in [0.4, 0.5) is 23.7 Å². The van der Waals surface area contributed by atoms with Gasteiger partial charge in [0.2, 0.25) is 0 Å². The van der Waals surface area contributed by atoms with Crippen molar-refractivity contribution in [3.63, 3.8) is 0 Å². The third-order valence-corrected chi connectivity index (χ3v) is 8.80. The van der Waals surface area contributed by atoms with Crippen LogP contribution in [0.1, 0.15) is 70.5 Å². The number of alkyl halides is 3. The molecule has 1 aliphatic carbocycles. The third kappa shape index (κ3) is 4.94. The van der Waals surface area contributed by atoms with Gasteiger partial charge >= 0.3 is 12.3 Å². The minimum absolute atomic E-state index is 0.0209. The summed E-state index contributed by atoms with van der Waals surface area (Å²) in [5.74, 6) is -0.213. The van der Waals surface area contributed by atoms with Crippen LogP contribution in [0.3, 0.4) is 0 Å². The molecule has 2 fully saturated rings. The van der Waals surface area contributed by atoms with E-state index in [0.29, 0.717) is 30.2 Å². The van der Waals surface area contributed by atoms with E-state index < -0.39 is 23.7 Å². The van der Waals surface area contributed by atoms with Crippen LogP contribution < -0.4 is 10.2 Å². The van der Waals surface area contributed by atoms with Gasteiger partial charge < -0.3 is 24.8 Å². The molecule has 216 valence electrons. The van der Waals surface area contributed by atoms with Gasteiger partial charge in [0, 0.05) is 49.4 Å². The topological polar surface area (TPSA) is 104 Å². The first kappa shape index (κ1) is 27.3. The summed E-state index contributed by atoms with van der Waals surface area (Å²) in [6.07, 6.45) is -1.00. The number of nitrogens with zero attached hydrogens (tertiary/aromatic N) is 5. The quantitative estimate of drug-likeness (QED) is 0.426. The van der Waals surface area contributed by atoms with E-state index in [0.717, 1.165) is 30.9 Å². The van der Waals surface area contributed by atoms with Crippen molar-refractivity contribution in [1.29, 1.82) is 0 Å². The van der Waals surface area contributed by atoms with E-state index in [9.17, 15) is 27.9 Å². The van der Waals surface area contributed by atoms with Crippen molar-refractivity contribution >= 4 is 17.7 Å². The Morgan fingerprint density at radius 2 is 1.98 bits per heavy atom. The van der Waals surface area contributed by atoms with Crippen LogP contribution in [0.25, 0.3) is 0 Å². The minimum atomic E-state index is -4.60. The summed E-state index contributed by atoms with van der Waals surface area (Å²) in [6, 6.07) is 9.88. The molecule has 3 aromatic rings. The first-order valence-corrected chi connectivity index (χ1v) is 13.7. The highest BCUT2D eigenvalue weighted by molar-refractivity contribution is 6.10. The molecule has 0 spiro atoms. The summed E-state index contributed by atoms with van der Waals surface area (Å²) >= 11 is 0. The molecule has 1 unspecified atom stereocenters. The van der Waals surface area contributed by atoms with Crippen LogP contribution in [0, 0.1) is 5.92 Å². The van der Waals surface area contributed by atoms with Crippen LogP contribution in [0.15, 0.2) is 42.7 Å². The SMILES string of the molecule is Cn1cnnc1C(c1cccc(N2Cc3c(cc(CNC4(C)CCC4)cc3C(F)(F)F)C2=O)c1)C1CN(C(=O)O)C1. The van der Waals surface area contributed by atoms with Crippen molar-refractivity contribution in [3.05, 3.63) is 76.4 Å². The number of carboxylic acid groups (broad SMARTS) is 1. The number of benzene rings is 2. The van der Waals surface area contributed by atoms with Crippen LogP contribution in [-0.4, -0.2) is 55.4 Å². The molecule has 1 aromatic heterocycles. The maximum atomic E-state index is 14.2. The van der Waals surface area contributed by atoms with Crippen molar-refractivity contribution in [2.75, 3.05) is 18.0 Å². The lowest BCUT2D eigenvalue weighted by Crippen LogP contribution is -2.52. The summed E-state index contributed by atoms with van der Waals surface area (Å²) in [5, 5.41) is 21.0. The number of anilines is 1. The first-order chi connectivity index (χ1) is 19.4. The van der Waals surface area contributed by atoms with Crippen LogP contribution in [0.2, 0.25) is 0 Å². The summed E-state index contributed by atoms with van der Waals surface area (Å²) in [4.78, 5) is 27.7. The van der Waals surface area contributed by atoms with Gasteiger partial charge in [-0.2, -0.15) is 13.2 Å². The summed E-state index contributed by atoms with van der Waals surface area (Å²) in [6.45, 7) is 2.75. The van der Waals surface area contributed by atoms with Crippen molar-refractivity contribution in [2.24, 2.45) is 13.0 Å². The molecule has 41 heavy (non-hydrogen) atoms. The Morgan fingerprint density at radius 3 is 2.59 bits per heavy atom. The molecule has 6 rings (SSSR count). The number of carbonyl (C=O) groups is 2. The van der Waals surface area contributed by atoms with Crippen molar-refractivity contribution < 1.29 is 27.9 Å². The molecule has 3 heterocycles. The summed E-state index contributed by atoms with van der Waals surface area (Å²) in [7, 11) is 1.80. The number of nitrogens with one attached hydrogen (secondary N) is 1. The van der Waals surface area contributed by atoms with Crippen molar-refractivity contribution in [3.8, 4) is 0 Å². The maximum absolute atomic E-state index is 14.2. The number of aromatic nitrogens is 3. The molecule has 0 bridgehead atoms. The van der Waals surface area contributed by atoms with Crippen LogP contribution in [-0.2, 0) is 26.3 Å². The lowest BCUT2D eigenvalue weighted by Gasteiger charge is -2.41. The van der Waals surface area contributed by atoms with Gasteiger partial charge in [0.15, 0.2) is 0 Å². The number of halogens is 3. The lowest BCUT2D eigenvalue weighted by molar-refractivity contribution is -0.138. The Hall–Kier alpha value is -3.93. The minimum Gasteiger partial charge on any atom is -0.465 e. The fraction of sp³-hybridized carbons (Fsp3) is 0.448. The van der Waals surface area contributed by atoms with Crippen molar-refractivity contribution in [2.45, 2.75) is 56.9 Å². The zero-order valence-corrected chi connectivity index (χ0v) is 22.8. The molecule has 12 heteroatoms. The Balaban J connectivity index is 1.32. The average Bonchev–Trinajstić information content (AvgIpc) is 3.45. The highest BCUT2D eigenvalue weighted by Gasteiger charge is 2.42. The van der Waals surface area contributed by atoms with Gasteiger partial charge in [0.25, 0.3) is 5.91 Å². The molecule has 2 N–H and O–H groups in total. The fourth-order valence-corrected chi connectivity index (χ4v) is 6.20. The highest BCUT2D eigenvalue weighted by Crippen LogP contribution is 2.42. The molecule has 2 amide bonds. The number of amides is 2. The van der Waals surface area contributed by atoms with E-state index in [1.807, 2.05) is 6.07 Å². The molecular weight excluding hydrogens is 537 g/mol. The third-order valence-electron chi connectivity index (χ3n) is 8.80. The Kier molecular flexibility index (Phi) is 6.55. The number of hydrogen-bond donors (Lipinski definition) is 2. The predicted octanol–water partition coefficient (Wildman–Crippen LogP) is 4.77. The molecule has 1 saturated carbocycles. The molecule has 2 aromatic carbocycles. The largest absolute Gasteiger partial charge is 0.465 e. The van der Waals surface area contributed by atoms with Gasteiger partial charge in [-0.1, -0.05) is 12.1 Å². The monoisotopic (exact) mass is 568 g/mol. The first-order valence-electron chi connectivity index (χ1n) is 13.7. The van der Waals surface area contributed by atoms with Gasteiger partial charge in [-0.15, -0.1) is 10.2 Å². The maximum Gasteiger partial charge on any atom is 0.416 e. The molecule has 3 aliphatic rings. The molecule has 1 saturated heterocycles. The van der Waals surface area contributed by atoms with Crippen LogP contribution >= 0.6 is 0 Å². The van der Waals surface area contributed by atoms with Gasteiger partial charge in [-0.3, -0.25) is 4.79 Å². The zero-order chi connectivity index (χ0) is 29.1. The van der Waals surface area contributed by atoms with Gasteiger partial charge in [-0.05, 0) is 67.1 Å². The normalized spacial score (nSPS) is 19.1. The van der Waals surface area contributed by atoms with E-state index in [1.165, 1.54) is 9.80 Å². The van der Waals surface area contributed by atoms with E-state index in [1.54, 1.807) is 42.2 Å². The molecule has 0 radical (unpaired) electrons. The summed E-state index contributed by atoms with van der Waals surface area (Å²) < 4.78 is 44.4. The van der Waals surface area contributed by atoms with Crippen molar-refractivity contribution in [1.82, 2.24) is 25.0 Å². The van der Waals surface area contributed by atoms with Gasteiger partial charge in [0.1, 0.15) is 12.2 Å². The van der Waals surface area contributed by atoms with E-state index in [4.69, 9.17) is 0 Å². The second-order valence-electron chi connectivity index (χ2n) is 11.6. The van der Waals surface area contributed by atoms with Crippen LogP contribution in [0.5, 0.6) is 0 Å². The van der Waals surface area contributed by atoms with Gasteiger partial charge in [-0.25, -0.2) is 4.79 Å². The smallest absolute Gasteiger partial charge is 0.416 e. The number of rotatable bonds is 7. The Morgan fingerprint density at radius 1 is 1.22 bits per heavy atom. The van der Waals surface area contributed by atoms with E-state index >= 15 is 0 Å². The second-order valence-corrected chi connectivity index (χ2v) is 11.6. The predicted molar refractivity (Wildman–Crippen MR) is 143 cm³/mol. The highest BCUT2D eigenvalue weighted by atomic mass is 19.4. The number of hydrogen-bond acceptors (Lipinski definition) is 5. The summed E-state index contributed by atoms with van der Waals surface area (Å²) in [5.41, 5.74) is 0.872. The Bertz CT molecular complexity index is 1510. The Labute approximate surface area is 235 Å². The van der Waals surface area contributed by atoms with Gasteiger partial charge in [0.05, 0.1) is 18.0 Å². The second kappa shape index (κ2) is 9.86. The van der Waals surface area contributed by atoms with E-state index in [-0.39, 0.29) is 41.6 Å².